The van der Waals surface area contributed by atoms with Gasteiger partial charge in [0.2, 0.25) is 10.9 Å². The number of thiol groups is 1. The van der Waals surface area contributed by atoms with Crippen LogP contribution in [0.4, 0.5) is 18.9 Å². The van der Waals surface area contributed by atoms with Crippen molar-refractivity contribution in [1.29, 1.82) is 0 Å². The number of halogens is 3. The second kappa shape index (κ2) is 7.18. The van der Waals surface area contributed by atoms with Gasteiger partial charge in [0.05, 0.1) is 16.9 Å². The molecule has 2 rings (SSSR count). The van der Waals surface area contributed by atoms with Crippen LogP contribution in [0.1, 0.15) is 10.4 Å². The molecule has 1 aromatic carbocycles. The van der Waals surface area contributed by atoms with Crippen molar-refractivity contribution in [2.24, 2.45) is 0 Å². The number of benzene rings is 1. The molecule has 1 aliphatic heterocycles. The number of alkyl halides is 3. The predicted molar refractivity (Wildman–Crippen MR) is 82.6 cm³/mol. The van der Waals surface area contributed by atoms with E-state index in [2.05, 4.69) is 4.74 Å². The lowest BCUT2D eigenvalue weighted by molar-refractivity contribution is -0.274. The lowest BCUT2D eigenvalue weighted by atomic mass is 10.1. The van der Waals surface area contributed by atoms with Crippen molar-refractivity contribution in [2.75, 3.05) is 10.1 Å². The Bertz CT molecular complexity index is 778. The molecule has 0 amide bonds. The molecule has 0 aliphatic carbocycles. The van der Waals surface area contributed by atoms with E-state index in [-0.39, 0.29) is 11.4 Å². The molecule has 24 heavy (non-hydrogen) atoms. The minimum absolute atomic E-state index is 0.205. The molecule has 0 atom stereocenters. The van der Waals surface area contributed by atoms with Gasteiger partial charge in [0.25, 0.3) is 0 Å². The number of allylic oxidation sites excluding steroid dienone is 1. The van der Waals surface area contributed by atoms with E-state index in [9.17, 15) is 31.5 Å². The van der Waals surface area contributed by atoms with Crippen LogP contribution in [0.2, 0.25) is 0 Å². The minimum atomic E-state index is -4.99. The lowest BCUT2D eigenvalue weighted by Gasteiger charge is -2.22. The van der Waals surface area contributed by atoms with Gasteiger partial charge in [-0.25, -0.2) is 17.5 Å². The van der Waals surface area contributed by atoms with Gasteiger partial charge in [0.1, 0.15) is 5.75 Å². The zero-order chi connectivity index (χ0) is 17.9. The van der Waals surface area contributed by atoms with Crippen LogP contribution in [0.5, 0.6) is 5.75 Å². The summed E-state index contributed by atoms with van der Waals surface area (Å²) in [4.78, 5) is 11.3. The third-order valence-electron chi connectivity index (χ3n) is 2.79. The maximum Gasteiger partial charge on any atom is 0.573 e. The van der Waals surface area contributed by atoms with Crippen molar-refractivity contribution in [3.63, 3.8) is 0 Å². The average molecular weight is 381 g/mol. The standard InChI is InChI=1S/C13H10F3NO5S2/c14-13(15,16)22-9-1-2-11(10(7-9)12(18)19)17(24(20)21)8-3-5-23-6-4-8/h1-5,7,24H,6H2,(H,18,19). The lowest BCUT2D eigenvalue weighted by Crippen LogP contribution is -2.23. The summed E-state index contributed by atoms with van der Waals surface area (Å²) < 4.78 is 64.3. The van der Waals surface area contributed by atoms with Crippen LogP contribution in [0.25, 0.3) is 0 Å². The van der Waals surface area contributed by atoms with Gasteiger partial charge >= 0.3 is 12.3 Å². The van der Waals surface area contributed by atoms with Crippen molar-refractivity contribution >= 4 is 34.3 Å². The summed E-state index contributed by atoms with van der Waals surface area (Å²) >= 11 is 1.40. The molecule has 11 heteroatoms. The van der Waals surface area contributed by atoms with Crippen molar-refractivity contribution in [3.8, 4) is 5.75 Å². The summed E-state index contributed by atoms with van der Waals surface area (Å²) in [5.41, 5.74) is -0.712. The minimum Gasteiger partial charge on any atom is -0.478 e. The summed E-state index contributed by atoms with van der Waals surface area (Å²) in [5.74, 6) is -1.87. The number of rotatable bonds is 5. The van der Waals surface area contributed by atoms with Gasteiger partial charge in [-0.1, -0.05) is 0 Å². The van der Waals surface area contributed by atoms with Crippen LogP contribution >= 0.6 is 11.8 Å². The van der Waals surface area contributed by atoms with Gasteiger partial charge in [-0.15, -0.1) is 24.9 Å². The first-order valence-electron chi connectivity index (χ1n) is 6.25. The molecule has 0 aromatic heterocycles. The fourth-order valence-electron chi connectivity index (χ4n) is 1.92. The maximum absolute atomic E-state index is 12.3. The SMILES string of the molecule is O=C(O)c1cc(OC(F)(F)F)ccc1N(C1=CCSC=C1)[SH](=O)=O. The highest BCUT2D eigenvalue weighted by Gasteiger charge is 2.32. The Morgan fingerprint density at radius 2 is 2.04 bits per heavy atom. The molecule has 0 fully saturated rings. The topological polar surface area (TPSA) is 83.9 Å². The maximum atomic E-state index is 12.3. The molecule has 1 aliphatic rings. The number of nitrogens with zero attached hydrogens (tertiary/aromatic N) is 1. The van der Waals surface area contributed by atoms with E-state index in [0.717, 1.165) is 16.4 Å². The number of hydrogen-bond acceptors (Lipinski definition) is 5. The number of thioether (sulfide) groups is 1. The molecule has 130 valence electrons. The summed E-state index contributed by atoms with van der Waals surface area (Å²) in [6.07, 6.45) is -1.97. The number of hydrogen-bond donors (Lipinski definition) is 2. The predicted octanol–water partition coefficient (Wildman–Crippen LogP) is 2.76. The van der Waals surface area contributed by atoms with E-state index >= 15 is 0 Å². The number of carbonyl (C=O) groups is 1. The summed E-state index contributed by atoms with van der Waals surface area (Å²) in [7, 11) is -3.26. The fraction of sp³-hybridized carbons (Fsp3) is 0.154. The molecule has 0 spiro atoms. The average Bonchev–Trinajstić information content (AvgIpc) is 2.48. The van der Waals surface area contributed by atoms with E-state index in [1.54, 1.807) is 11.5 Å². The van der Waals surface area contributed by atoms with Crippen molar-refractivity contribution < 1.29 is 36.2 Å². The highest BCUT2D eigenvalue weighted by atomic mass is 32.2. The van der Waals surface area contributed by atoms with Crippen LogP contribution in [0, 0.1) is 0 Å². The van der Waals surface area contributed by atoms with Gasteiger partial charge in [-0.2, -0.15) is 0 Å². The normalized spacial score (nSPS) is 14.4. The Morgan fingerprint density at radius 1 is 1.33 bits per heavy atom. The highest BCUT2D eigenvalue weighted by molar-refractivity contribution is 8.02. The zero-order valence-electron chi connectivity index (χ0n) is 11.7. The first kappa shape index (κ1) is 18.2. The molecular weight excluding hydrogens is 371 g/mol. The van der Waals surface area contributed by atoms with Gasteiger partial charge < -0.3 is 9.84 Å². The molecule has 1 heterocycles. The van der Waals surface area contributed by atoms with Crippen molar-refractivity contribution in [1.82, 2.24) is 0 Å². The van der Waals surface area contributed by atoms with Crippen LogP contribution in [0.15, 0.2) is 41.5 Å². The van der Waals surface area contributed by atoms with E-state index in [0.29, 0.717) is 11.8 Å². The second-order valence-electron chi connectivity index (χ2n) is 4.35. The third-order valence-corrected chi connectivity index (χ3v) is 4.25. The Morgan fingerprint density at radius 3 is 2.54 bits per heavy atom. The zero-order valence-corrected chi connectivity index (χ0v) is 13.4. The summed E-state index contributed by atoms with van der Waals surface area (Å²) in [6, 6.07) is 2.42. The van der Waals surface area contributed by atoms with Gasteiger partial charge in [0, 0.05) is 5.75 Å². The summed E-state index contributed by atoms with van der Waals surface area (Å²) in [5, 5.41) is 10.8. The Balaban J connectivity index is 2.52. The molecule has 0 saturated carbocycles. The van der Waals surface area contributed by atoms with E-state index in [1.165, 1.54) is 17.8 Å². The quantitative estimate of drug-likeness (QED) is 0.763. The Labute approximate surface area is 140 Å². The molecule has 1 N–H and O–H groups in total. The largest absolute Gasteiger partial charge is 0.573 e. The molecule has 0 saturated heterocycles. The molecule has 0 radical (unpaired) electrons. The second-order valence-corrected chi connectivity index (χ2v) is 6.16. The number of aromatic carboxylic acids is 1. The Kier molecular flexibility index (Phi) is 5.44. The van der Waals surface area contributed by atoms with Gasteiger partial charge in [-0.05, 0) is 35.8 Å². The monoisotopic (exact) mass is 381 g/mol. The Hall–Kier alpha value is -2.14. The van der Waals surface area contributed by atoms with E-state index < -0.39 is 34.5 Å². The summed E-state index contributed by atoms with van der Waals surface area (Å²) in [6.45, 7) is 0. The van der Waals surface area contributed by atoms with Crippen LogP contribution in [-0.2, 0) is 10.9 Å². The molecule has 6 nitrogen and oxygen atoms in total. The smallest absolute Gasteiger partial charge is 0.478 e. The van der Waals surface area contributed by atoms with Crippen molar-refractivity contribution in [2.45, 2.75) is 6.36 Å². The molecule has 1 aromatic rings. The van der Waals surface area contributed by atoms with Crippen LogP contribution in [0.3, 0.4) is 0 Å². The first-order chi connectivity index (χ1) is 11.2. The van der Waals surface area contributed by atoms with E-state index in [1.807, 2.05) is 0 Å². The molecule has 0 bridgehead atoms. The highest BCUT2D eigenvalue weighted by Crippen LogP contribution is 2.32. The first-order valence-corrected chi connectivity index (χ1v) is 8.43. The van der Waals surface area contributed by atoms with Crippen LogP contribution < -0.4 is 9.04 Å². The fourth-order valence-corrected chi connectivity index (χ4v) is 3.22. The van der Waals surface area contributed by atoms with Gasteiger partial charge in [-0.3, -0.25) is 0 Å². The van der Waals surface area contributed by atoms with Crippen molar-refractivity contribution in [3.05, 3.63) is 47.0 Å². The molecular formula is C13H10F3NO5S2. The van der Waals surface area contributed by atoms with Gasteiger partial charge in [0.15, 0.2) is 0 Å². The number of carboxylic acid groups (broad SMARTS) is 1. The number of ether oxygens (including phenoxy) is 1. The number of carboxylic acids is 1. The number of anilines is 1. The van der Waals surface area contributed by atoms with Crippen LogP contribution in [-0.4, -0.2) is 31.6 Å². The molecule has 0 unspecified atom stereocenters. The van der Waals surface area contributed by atoms with E-state index in [4.69, 9.17) is 0 Å². The third kappa shape index (κ3) is 4.45.